The van der Waals surface area contributed by atoms with Crippen LogP contribution >= 0.6 is 23.2 Å². The van der Waals surface area contributed by atoms with E-state index in [1.807, 2.05) is 30.3 Å². The number of amides is 2. The zero-order chi connectivity index (χ0) is 27.6. The molecule has 2 aromatic carbocycles. The highest BCUT2D eigenvalue weighted by molar-refractivity contribution is 6.30. The molecule has 3 N–H and O–H groups in total. The third kappa shape index (κ3) is 8.36. The van der Waals surface area contributed by atoms with Crippen LogP contribution in [0.1, 0.15) is 24.0 Å². The van der Waals surface area contributed by atoms with E-state index in [-0.39, 0.29) is 37.2 Å². The van der Waals surface area contributed by atoms with Gasteiger partial charge in [0, 0.05) is 29.7 Å². The van der Waals surface area contributed by atoms with Gasteiger partial charge in [0.15, 0.2) is 5.82 Å². The third-order valence-corrected chi connectivity index (χ3v) is 6.53. The number of anilines is 1. The normalized spacial score (nSPS) is 17.3. The van der Waals surface area contributed by atoms with Crippen molar-refractivity contribution in [1.82, 2.24) is 20.2 Å². The maximum atomic E-state index is 13.2. The number of rotatable bonds is 2. The number of halogens is 2. The van der Waals surface area contributed by atoms with E-state index >= 15 is 0 Å². The van der Waals surface area contributed by atoms with Crippen molar-refractivity contribution < 1.29 is 19.1 Å². The van der Waals surface area contributed by atoms with Gasteiger partial charge in [-0.1, -0.05) is 53.5 Å². The molecule has 0 aliphatic carbocycles. The zero-order valence-electron chi connectivity index (χ0n) is 21.1. The lowest BCUT2D eigenvalue weighted by molar-refractivity contribution is -0.121. The summed E-state index contributed by atoms with van der Waals surface area (Å²) in [7, 11) is 0. The molecule has 2 amide bonds. The fourth-order valence-corrected chi connectivity index (χ4v) is 4.39. The van der Waals surface area contributed by atoms with E-state index in [9.17, 15) is 14.4 Å². The first-order valence-corrected chi connectivity index (χ1v) is 13.3. The third-order valence-electron chi connectivity index (χ3n) is 5.99. The summed E-state index contributed by atoms with van der Waals surface area (Å²) in [6.07, 6.45) is 2.48. The van der Waals surface area contributed by atoms with Crippen LogP contribution in [0, 0.1) is 0 Å². The highest BCUT2D eigenvalue weighted by atomic mass is 35.5. The number of cyclic esters (lactones) is 1. The number of nitrogens with one attached hydrogen (secondary N) is 3. The van der Waals surface area contributed by atoms with Crippen molar-refractivity contribution in [2.75, 3.05) is 25.1 Å². The predicted octanol–water partition coefficient (Wildman–Crippen LogP) is 3.79. The van der Waals surface area contributed by atoms with E-state index in [0.717, 1.165) is 10.1 Å². The summed E-state index contributed by atoms with van der Waals surface area (Å²) in [4.78, 5) is 42.5. The highest BCUT2D eigenvalue weighted by Gasteiger charge is 2.18. The van der Waals surface area contributed by atoms with Gasteiger partial charge in [-0.3, -0.25) is 14.2 Å². The molecule has 206 valence electrons. The Bertz CT molecular complexity index is 1350. The first kappa shape index (κ1) is 28.3. The summed E-state index contributed by atoms with van der Waals surface area (Å²) >= 11 is 12.4. The van der Waals surface area contributed by atoms with Crippen molar-refractivity contribution in [3.05, 3.63) is 86.4 Å². The molecule has 10 nitrogen and oxygen atoms in total. The van der Waals surface area contributed by atoms with Crippen molar-refractivity contribution in [3.8, 4) is 5.75 Å². The van der Waals surface area contributed by atoms with Crippen molar-refractivity contribution in [2.24, 2.45) is 0 Å². The maximum Gasteiger partial charge on any atom is 0.407 e. The van der Waals surface area contributed by atoms with Gasteiger partial charge in [0.2, 0.25) is 5.91 Å². The summed E-state index contributed by atoms with van der Waals surface area (Å²) in [5.41, 5.74) is 1.10. The zero-order valence-corrected chi connectivity index (χ0v) is 22.6. The molecule has 0 radical (unpaired) electrons. The van der Waals surface area contributed by atoms with Gasteiger partial charge in [0.1, 0.15) is 17.4 Å². The second kappa shape index (κ2) is 13.9. The largest absolute Gasteiger partial charge is 0.493 e. The van der Waals surface area contributed by atoms with Crippen LogP contribution in [0.4, 0.5) is 10.6 Å². The number of carbonyl (C=O) groups excluding carboxylic acids is 2. The molecule has 1 aliphatic heterocycles. The molecule has 39 heavy (non-hydrogen) atoms. The Morgan fingerprint density at radius 2 is 1.74 bits per heavy atom. The van der Waals surface area contributed by atoms with Crippen LogP contribution in [-0.2, 0) is 29.0 Å². The molecule has 2 heterocycles. The summed E-state index contributed by atoms with van der Waals surface area (Å²) in [5.74, 6) is 0.146. The Kier molecular flexibility index (Phi) is 10.0. The summed E-state index contributed by atoms with van der Waals surface area (Å²) < 4.78 is 12.3. The molecule has 0 fully saturated rings. The fraction of sp³-hybridized carbons (Fsp3) is 0.333. The number of benzene rings is 2. The molecule has 0 saturated carbocycles. The van der Waals surface area contributed by atoms with Gasteiger partial charge in [-0.05, 0) is 43.0 Å². The van der Waals surface area contributed by atoms with Crippen molar-refractivity contribution >= 4 is 41.0 Å². The van der Waals surface area contributed by atoms with Gasteiger partial charge in [-0.25, -0.2) is 9.78 Å². The minimum absolute atomic E-state index is 0.00299. The van der Waals surface area contributed by atoms with E-state index in [0.29, 0.717) is 42.2 Å². The lowest BCUT2D eigenvalue weighted by atomic mass is 10.1. The first-order chi connectivity index (χ1) is 18.9. The minimum atomic E-state index is -0.570. The van der Waals surface area contributed by atoms with Gasteiger partial charge in [0.05, 0.1) is 19.4 Å². The number of aromatic nitrogens is 2. The van der Waals surface area contributed by atoms with Gasteiger partial charge >= 0.3 is 6.09 Å². The smallest absolute Gasteiger partial charge is 0.407 e. The average Bonchev–Trinajstić information content (AvgIpc) is 2.92. The summed E-state index contributed by atoms with van der Waals surface area (Å²) in [6, 6.07) is 14.3. The van der Waals surface area contributed by atoms with Crippen LogP contribution in [0.3, 0.4) is 0 Å². The van der Waals surface area contributed by atoms with Gasteiger partial charge in [-0.15, -0.1) is 0 Å². The Hall–Kier alpha value is -3.76. The monoisotopic (exact) mass is 573 g/mol. The Morgan fingerprint density at radius 3 is 2.54 bits per heavy atom. The van der Waals surface area contributed by atoms with Crippen LogP contribution < -0.4 is 26.2 Å². The maximum absolute atomic E-state index is 13.2. The van der Waals surface area contributed by atoms with E-state index < -0.39 is 23.6 Å². The Morgan fingerprint density at radius 1 is 0.974 bits per heavy atom. The molecule has 3 aromatic rings. The predicted molar refractivity (Wildman–Crippen MR) is 148 cm³/mol. The van der Waals surface area contributed by atoms with E-state index in [1.54, 1.807) is 18.2 Å². The topological polar surface area (TPSA) is 124 Å². The molecule has 0 spiro atoms. The van der Waals surface area contributed by atoms with Crippen molar-refractivity contribution in [2.45, 2.75) is 38.4 Å². The van der Waals surface area contributed by atoms with E-state index in [1.165, 1.54) is 6.20 Å². The SMILES string of the molecule is O=C1Cn2c(Cl)cnc(c2=O)N[C@@H](Cc2ccccc2)CNC(=O)OCCCCOc2ccc(Cl)cc2CN1. The molecule has 1 aromatic heterocycles. The van der Waals surface area contributed by atoms with Crippen LogP contribution in [-0.4, -0.2) is 47.4 Å². The number of hydrogen-bond donors (Lipinski definition) is 3. The van der Waals surface area contributed by atoms with Crippen LogP contribution in [0.15, 0.2) is 59.5 Å². The number of carbonyl (C=O) groups is 2. The van der Waals surface area contributed by atoms with Crippen LogP contribution in [0.5, 0.6) is 5.75 Å². The molecule has 1 atom stereocenters. The molecular formula is C27H29Cl2N5O5. The lowest BCUT2D eigenvalue weighted by Gasteiger charge is -2.21. The number of ether oxygens (including phenoxy) is 2. The molecule has 4 rings (SSSR count). The molecule has 0 saturated heterocycles. The summed E-state index contributed by atoms with van der Waals surface area (Å²) in [6.45, 7) is 0.597. The molecule has 2 bridgehead atoms. The van der Waals surface area contributed by atoms with Crippen molar-refractivity contribution in [1.29, 1.82) is 0 Å². The van der Waals surface area contributed by atoms with Gasteiger partial charge in [-0.2, -0.15) is 0 Å². The standard InChI is InChI=1S/C27H29Cl2N5O5/c28-20-8-9-22-19(13-20)14-30-24(35)17-34-23(29)16-31-25(26(34)36)33-21(12-18-6-2-1-3-7-18)15-32-27(37)39-11-5-4-10-38-22/h1-3,6-9,13,16,21H,4-5,10-12,14-15,17H2,(H,30,35)(H,31,33)(H,32,37)/t21-/m0/s1. The average molecular weight is 574 g/mol. The molecular weight excluding hydrogens is 545 g/mol. The summed E-state index contributed by atoms with van der Waals surface area (Å²) in [5, 5.41) is 9.15. The van der Waals surface area contributed by atoms with Crippen molar-refractivity contribution in [3.63, 3.8) is 0 Å². The molecule has 1 aliphatic rings. The lowest BCUT2D eigenvalue weighted by Crippen LogP contribution is -2.41. The highest BCUT2D eigenvalue weighted by Crippen LogP contribution is 2.23. The molecule has 0 unspecified atom stereocenters. The van der Waals surface area contributed by atoms with Crippen LogP contribution in [0.2, 0.25) is 10.2 Å². The number of hydrogen-bond acceptors (Lipinski definition) is 7. The number of nitrogens with zero attached hydrogens (tertiary/aromatic N) is 2. The minimum Gasteiger partial charge on any atom is -0.493 e. The van der Waals surface area contributed by atoms with Gasteiger partial charge < -0.3 is 25.4 Å². The van der Waals surface area contributed by atoms with Gasteiger partial charge in [0.25, 0.3) is 5.56 Å². The van der Waals surface area contributed by atoms with Crippen LogP contribution in [0.25, 0.3) is 0 Å². The molecule has 12 heteroatoms. The Balaban J connectivity index is 1.58. The first-order valence-electron chi connectivity index (χ1n) is 12.5. The Labute approximate surface area is 235 Å². The number of alkyl carbamates (subject to hydrolysis) is 1. The second-order valence-electron chi connectivity index (χ2n) is 8.95. The van der Waals surface area contributed by atoms with E-state index in [2.05, 4.69) is 20.9 Å². The fourth-order valence-electron chi connectivity index (χ4n) is 4.01. The quantitative estimate of drug-likeness (QED) is 0.426. The number of fused-ring (bicyclic) bond motifs is 3. The van der Waals surface area contributed by atoms with E-state index in [4.69, 9.17) is 32.7 Å². The second-order valence-corrected chi connectivity index (χ2v) is 9.78.